The molecular formula is C11H21N. The molecule has 0 aliphatic heterocycles. The molecular weight excluding hydrogens is 146 g/mol. The van der Waals surface area contributed by atoms with Gasteiger partial charge in [-0.15, -0.1) is 0 Å². The van der Waals surface area contributed by atoms with E-state index < -0.39 is 0 Å². The SMILES string of the molecule is CCCCN[C@H]1CC=C(C)CC1. The van der Waals surface area contributed by atoms with Crippen LogP contribution in [0, 0.1) is 0 Å². The van der Waals surface area contributed by atoms with Gasteiger partial charge in [0.2, 0.25) is 0 Å². The van der Waals surface area contributed by atoms with Crippen molar-refractivity contribution in [2.45, 2.75) is 52.0 Å². The fourth-order valence-corrected chi connectivity index (χ4v) is 1.63. The van der Waals surface area contributed by atoms with Gasteiger partial charge in [0.25, 0.3) is 0 Å². The third-order valence-corrected chi connectivity index (χ3v) is 2.60. The Kier molecular flexibility index (Phi) is 4.37. The molecule has 0 aromatic heterocycles. The minimum Gasteiger partial charge on any atom is -0.314 e. The van der Waals surface area contributed by atoms with Crippen LogP contribution < -0.4 is 5.32 Å². The molecule has 12 heavy (non-hydrogen) atoms. The van der Waals surface area contributed by atoms with E-state index in [-0.39, 0.29) is 0 Å². The average Bonchev–Trinajstić information content (AvgIpc) is 2.09. The standard InChI is InChI=1S/C11H21N/c1-3-4-9-12-11-7-5-10(2)6-8-11/h5,11-12H,3-4,6-9H2,1-2H3/t11-/m0/s1. The molecule has 1 aliphatic carbocycles. The van der Waals surface area contributed by atoms with Gasteiger partial charge in [-0.3, -0.25) is 0 Å². The largest absolute Gasteiger partial charge is 0.314 e. The highest BCUT2D eigenvalue weighted by Crippen LogP contribution is 2.17. The van der Waals surface area contributed by atoms with E-state index in [4.69, 9.17) is 0 Å². The van der Waals surface area contributed by atoms with Crippen LogP contribution in [0.2, 0.25) is 0 Å². The maximum absolute atomic E-state index is 3.60. The molecule has 0 saturated heterocycles. The summed E-state index contributed by atoms with van der Waals surface area (Å²) < 4.78 is 0. The van der Waals surface area contributed by atoms with Crippen molar-refractivity contribution < 1.29 is 0 Å². The quantitative estimate of drug-likeness (QED) is 0.501. The van der Waals surface area contributed by atoms with Gasteiger partial charge in [0.1, 0.15) is 0 Å². The summed E-state index contributed by atoms with van der Waals surface area (Å²) in [5, 5.41) is 3.60. The van der Waals surface area contributed by atoms with Gasteiger partial charge in [0, 0.05) is 6.04 Å². The number of hydrogen-bond acceptors (Lipinski definition) is 1. The summed E-state index contributed by atoms with van der Waals surface area (Å²) in [4.78, 5) is 0. The first-order valence-electron chi connectivity index (χ1n) is 5.22. The van der Waals surface area contributed by atoms with Crippen LogP contribution in [0.25, 0.3) is 0 Å². The van der Waals surface area contributed by atoms with Crippen LogP contribution in [0.1, 0.15) is 46.0 Å². The maximum Gasteiger partial charge on any atom is 0.0105 e. The van der Waals surface area contributed by atoms with Gasteiger partial charge < -0.3 is 5.32 Å². The van der Waals surface area contributed by atoms with Crippen LogP contribution in [-0.4, -0.2) is 12.6 Å². The van der Waals surface area contributed by atoms with E-state index in [9.17, 15) is 0 Å². The highest BCUT2D eigenvalue weighted by molar-refractivity contribution is 5.04. The molecule has 1 nitrogen and oxygen atoms in total. The number of hydrogen-bond donors (Lipinski definition) is 1. The van der Waals surface area contributed by atoms with Crippen molar-refractivity contribution in [1.29, 1.82) is 0 Å². The fourth-order valence-electron chi connectivity index (χ4n) is 1.63. The summed E-state index contributed by atoms with van der Waals surface area (Å²) in [5.74, 6) is 0. The highest BCUT2D eigenvalue weighted by atomic mass is 14.9. The van der Waals surface area contributed by atoms with E-state index in [0.717, 1.165) is 6.04 Å². The monoisotopic (exact) mass is 167 g/mol. The number of allylic oxidation sites excluding steroid dienone is 1. The van der Waals surface area contributed by atoms with Gasteiger partial charge >= 0.3 is 0 Å². The molecule has 0 bridgehead atoms. The Morgan fingerprint density at radius 1 is 1.58 bits per heavy atom. The molecule has 1 atom stereocenters. The summed E-state index contributed by atoms with van der Waals surface area (Å²) >= 11 is 0. The molecule has 0 unspecified atom stereocenters. The summed E-state index contributed by atoms with van der Waals surface area (Å²) in [7, 11) is 0. The molecule has 70 valence electrons. The topological polar surface area (TPSA) is 12.0 Å². The van der Waals surface area contributed by atoms with Crippen molar-refractivity contribution in [3.8, 4) is 0 Å². The number of rotatable bonds is 4. The van der Waals surface area contributed by atoms with Gasteiger partial charge in [-0.1, -0.05) is 25.0 Å². The molecule has 1 heteroatoms. The minimum atomic E-state index is 0.764. The van der Waals surface area contributed by atoms with Gasteiger partial charge in [0.15, 0.2) is 0 Å². The van der Waals surface area contributed by atoms with Gasteiger partial charge in [0.05, 0.1) is 0 Å². The first-order valence-corrected chi connectivity index (χ1v) is 5.22. The molecule has 0 radical (unpaired) electrons. The molecule has 0 aromatic carbocycles. The maximum atomic E-state index is 3.60. The second-order valence-corrected chi connectivity index (χ2v) is 3.83. The van der Waals surface area contributed by atoms with Crippen LogP contribution in [0.4, 0.5) is 0 Å². The van der Waals surface area contributed by atoms with Crippen LogP contribution in [0.5, 0.6) is 0 Å². The predicted octanol–water partition coefficient (Wildman–Crippen LogP) is 2.87. The Labute approximate surface area is 76.2 Å². The molecule has 0 spiro atoms. The lowest BCUT2D eigenvalue weighted by Crippen LogP contribution is -2.30. The van der Waals surface area contributed by atoms with Gasteiger partial charge in [-0.05, 0) is 39.2 Å². The molecule has 0 amide bonds. The second-order valence-electron chi connectivity index (χ2n) is 3.83. The van der Waals surface area contributed by atoms with E-state index in [0.29, 0.717) is 0 Å². The van der Waals surface area contributed by atoms with Crippen molar-refractivity contribution in [2.24, 2.45) is 0 Å². The fraction of sp³-hybridized carbons (Fsp3) is 0.818. The zero-order valence-electron chi connectivity index (χ0n) is 8.40. The Bertz CT molecular complexity index is 149. The summed E-state index contributed by atoms with van der Waals surface area (Å²) in [5.41, 5.74) is 1.57. The molecule has 1 N–H and O–H groups in total. The van der Waals surface area contributed by atoms with Crippen molar-refractivity contribution >= 4 is 0 Å². The van der Waals surface area contributed by atoms with E-state index >= 15 is 0 Å². The second kappa shape index (κ2) is 5.36. The van der Waals surface area contributed by atoms with Gasteiger partial charge in [-0.2, -0.15) is 0 Å². The van der Waals surface area contributed by atoms with Crippen molar-refractivity contribution in [2.75, 3.05) is 6.54 Å². The first kappa shape index (κ1) is 9.79. The third kappa shape index (κ3) is 3.40. The van der Waals surface area contributed by atoms with E-state index in [2.05, 4.69) is 25.2 Å². The molecule has 0 aromatic rings. The lowest BCUT2D eigenvalue weighted by atomic mass is 9.96. The van der Waals surface area contributed by atoms with Crippen LogP contribution in [0.15, 0.2) is 11.6 Å². The Hall–Kier alpha value is -0.300. The first-order chi connectivity index (χ1) is 5.83. The zero-order chi connectivity index (χ0) is 8.81. The van der Waals surface area contributed by atoms with Crippen LogP contribution in [0.3, 0.4) is 0 Å². The van der Waals surface area contributed by atoms with Crippen molar-refractivity contribution in [3.05, 3.63) is 11.6 Å². The molecule has 1 aliphatic rings. The lowest BCUT2D eigenvalue weighted by molar-refractivity contribution is 0.461. The Morgan fingerprint density at radius 3 is 3.00 bits per heavy atom. The van der Waals surface area contributed by atoms with Gasteiger partial charge in [-0.25, -0.2) is 0 Å². The van der Waals surface area contributed by atoms with E-state index in [1.54, 1.807) is 5.57 Å². The minimum absolute atomic E-state index is 0.764. The summed E-state index contributed by atoms with van der Waals surface area (Å²) in [6, 6.07) is 0.764. The Morgan fingerprint density at radius 2 is 2.42 bits per heavy atom. The van der Waals surface area contributed by atoms with E-state index in [1.165, 1.54) is 38.6 Å². The van der Waals surface area contributed by atoms with Crippen molar-refractivity contribution in [1.82, 2.24) is 5.32 Å². The normalized spacial score (nSPS) is 23.8. The molecule has 0 heterocycles. The molecule has 1 rings (SSSR count). The zero-order valence-corrected chi connectivity index (χ0v) is 8.40. The number of nitrogens with one attached hydrogen (secondary N) is 1. The van der Waals surface area contributed by atoms with E-state index in [1.807, 2.05) is 0 Å². The smallest absolute Gasteiger partial charge is 0.0105 e. The third-order valence-electron chi connectivity index (χ3n) is 2.60. The Balaban J connectivity index is 2.10. The van der Waals surface area contributed by atoms with Crippen molar-refractivity contribution in [3.63, 3.8) is 0 Å². The highest BCUT2D eigenvalue weighted by Gasteiger charge is 2.10. The van der Waals surface area contributed by atoms with Crippen LogP contribution in [-0.2, 0) is 0 Å². The number of unbranched alkanes of at least 4 members (excludes halogenated alkanes) is 1. The summed E-state index contributed by atoms with van der Waals surface area (Å²) in [6.45, 7) is 5.68. The van der Waals surface area contributed by atoms with Crippen LogP contribution >= 0.6 is 0 Å². The molecule has 0 fully saturated rings. The predicted molar refractivity (Wildman–Crippen MR) is 54.3 cm³/mol. The lowest BCUT2D eigenvalue weighted by Gasteiger charge is -2.21. The summed E-state index contributed by atoms with van der Waals surface area (Å²) in [6.07, 6.45) is 8.88. The molecule has 0 saturated carbocycles. The average molecular weight is 167 g/mol.